The molecule has 2 aromatic carbocycles. The van der Waals surface area contributed by atoms with Crippen molar-refractivity contribution in [3.05, 3.63) is 68.2 Å². The van der Waals surface area contributed by atoms with Crippen molar-refractivity contribution >= 4 is 34.8 Å². The van der Waals surface area contributed by atoms with Crippen molar-refractivity contribution in [1.82, 2.24) is 5.32 Å². The van der Waals surface area contributed by atoms with E-state index in [1.165, 1.54) is 0 Å². The summed E-state index contributed by atoms with van der Waals surface area (Å²) in [7, 11) is 0. The molecule has 1 atom stereocenters. The van der Waals surface area contributed by atoms with Gasteiger partial charge in [-0.25, -0.2) is 0 Å². The SMILES string of the molecule is CCNC(Cc1c(Cl)cccc1Cl)c1cc(C)cc(Cl)c1. The van der Waals surface area contributed by atoms with E-state index in [2.05, 4.69) is 18.3 Å². The van der Waals surface area contributed by atoms with Gasteiger partial charge in [-0.15, -0.1) is 0 Å². The molecule has 0 bridgehead atoms. The molecule has 0 spiro atoms. The minimum Gasteiger partial charge on any atom is -0.310 e. The first-order valence-corrected chi connectivity index (χ1v) is 8.08. The average Bonchev–Trinajstić information content (AvgIpc) is 2.40. The number of nitrogens with one attached hydrogen (secondary N) is 1. The summed E-state index contributed by atoms with van der Waals surface area (Å²) in [6, 6.07) is 11.8. The summed E-state index contributed by atoms with van der Waals surface area (Å²) in [5.74, 6) is 0. The van der Waals surface area contributed by atoms with E-state index in [0.717, 1.165) is 34.7 Å². The number of likely N-dealkylation sites (N-methyl/N-ethyl adjacent to an activating group) is 1. The second-order valence-corrected chi connectivity index (χ2v) is 6.33. The fourth-order valence-electron chi connectivity index (χ4n) is 2.45. The van der Waals surface area contributed by atoms with Crippen LogP contribution < -0.4 is 5.32 Å². The van der Waals surface area contributed by atoms with E-state index >= 15 is 0 Å². The van der Waals surface area contributed by atoms with E-state index in [0.29, 0.717) is 10.0 Å². The van der Waals surface area contributed by atoms with Gasteiger partial charge < -0.3 is 5.32 Å². The van der Waals surface area contributed by atoms with E-state index < -0.39 is 0 Å². The van der Waals surface area contributed by atoms with Crippen LogP contribution in [0.15, 0.2) is 36.4 Å². The smallest absolute Gasteiger partial charge is 0.0453 e. The fourth-order valence-corrected chi connectivity index (χ4v) is 3.30. The topological polar surface area (TPSA) is 12.0 Å². The maximum absolute atomic E-state index is 6.29. The highest BCUT2D eigenvalue weighted by Crippen LogP contribution is 2.30. The molecule has 112 valence electrons. The molecule has 0 aliphatic rings. The highest BCUT2D eigenvalue weighted by Gasteiger charge is 2.16. The summed E-state index contributed by atoms with van der Waals surface area (Å²) in [4.78, 5) is 0. The summed E-state index contributed by atoms with van der Waals surface area (Å²) in [6.07, 6.45) is 0.728. The molecule has 0 saturated heterocycles. The van der Waals surface area contributed by atoms with Gasteiger partial charge in [0.05, 0.1) is 0 Å². The molecule has 0 aliphatic heterocycles. The van der Waals surface area contributed by atoms with Gasteiger partial charge in [0.15, 0.2) is 0 Å². The van der Waals surface area contributed by atoms with Gasteiger partial charge >= 0.3 is 0 Å². The van der Waals surface area contributed by atoms with Gasteiger partial charge in [0.2, 0.25) is 0 Å². The molecule has 1 nitrogen and oxygen atoms in total. The quantitative estimate of drug-likeness (QED) is 0.719. The Morgan fingerprint density at radius 2 is 1.71 bits per heavy atom. The maximum atomic E-state index is 6.29. The predicted octanol–water partition coefficient (Wildman–Crippen LogP) is 5.85. The largest absolute Gasteiger partial charge is 0.310 e. The van der Waals surface area contributed by atoms with Crippen LogP contribution in [0.4, 0.5) is 0 Å². The van der Waals surface area contributed by atoms with Crippen LogP contribution in [0, 0.1) is 6.92 Å². The molecule has 1 unspecified atom stereocenters. The maximum Gasteiger partial charge on any atom is 0.0453 e. The molecular weight excluding hydrogens is 325 g/mol. The first-order valence-electron chi connectivity index (χ1n) is 6.94. The van der Waals surface area contributed by atoms with Crippen LogP contribution in [0.5, 0.6) is 0 Å². The Labute approximate surface area is 141 Å². The number of halogens is 3. The lowest BCUT2D eigenvalue weighted by molar-refractivity contribution is 0.549. The van der Waals surface area contributed by atoms with Crippen LogP contribution in [0.3, 0.4) is 0 Å². The highest BCUT2D eigenvalue weighted by molar-refractivity contribution is 6.36. The molecule has 2 rings (SSSR count). The van der Waals surface area contributed by atoms with E-state index in [4.69, 9.17) is 34.8 Å². The van der Waals surface area contributed by atoms with E-state index in [1.54, 1.807) is 0 Å². The van der Waals surface area contributed by atoms with Gasteiger partial charge in [-0.05, 0) is 60.8 Å². The minimum atomic E-state index is 0.129. The fraction of sp³-hybridized carbons (Fsp3) is 0.294. The molecule has 0 radical (unpaired) electrons. The van der Waals surface area contributed by atoms with Crippen molar-refractivity contribution < 1.29 is 0 Å². The third-order valence-electron chi connectivity index (χ3n) is 3.39. The van der Waals surface area contributed by atoms with E-state index in [9.17, 15) is 0 Å². The summed E-state index contributed by atoms with van der Waals surface area (Å²) >= 11 is 18.8. The van der Waals surface area contributed by atoms with Gasteiger partial charge in [-0.2, -0.15) is 0 Å². The molecule has 0 fully saturated rings. The lowest BCUT2D eigenvalue weighted by Gasteiger charge is -2.20. The van der Waals surface area contributed by atoms with Gasteiger partial charge in [0.1, 0.15) is 0 Å². The van der Waals surface area contributed by atoms with E-state index in [1.807, 2.05) is 37.3 Å². The molecule has 0 saturated carbocycles. The minimum absolute atomic E-state index is 0.129. The third-order valence-corrected chi connectivity index (χ3v) is 4.31. The second-order valence-electron chi connectivity index (χ2n) is 5.08. The Kier molecular flexibility index (Phi) is 5.95. The zero-order valence-corrected chi connectivity index (χ0v) is 14.4. The van der Waals surface area contributed by atoms with Crippen molar-refractivity contribution in [2.75, 3.05) is 6.54 Å². The Bertz CT molecular complexity index is 585. The van der Waals surface area contributed by atoms with Crippen LogP contribution in [-0.4, -0.2) is 6.54 Å². The van der Waals surface area contributed by atoms with Gasteiger partial charge in [0, 0.05) is 21.1 Å². The van der Waals surface area contributed by atoms with Crippen LogP contribution in [0.2, 0.25) is 15.1 Å². The van der Waals surface area contributed by atoms with E-state index in [-0.39, 0.29) is 6.04 Å². The van der Waals surface area contributed by atoms with Crippen molar-refractivity contribution in [3.8, 4) is 0 Å². The molecule has 0 amide bonds. The molecule has 4 heteroatoms. The van der Waals surface area contributed by atoms with Crippen molar-refractivity contribution in [2.45, 2.75) is 26.3 Å². The number of rotatable bonds is 5. The molecule has 0 aromatic heterocycles. The standard InChI is InChI=1S/C17H18Cl3N/c1-3-21-17(12-7-11(2)8-13(18)9-12)10-14-15(19)5-4-6-16(14)20/h4-9,17,21H,3,10H2,1-2H3. The third kappa shape index (κ3) is 4.37. The molecule has 1 N–H and O–H groups in total. The van der Waals surface area contributed by atoms with Crippen molar-refractivity contribution in [1.29, 1.82) is 0 Å². The summed E-state index contributed by atoms with van der Waals surface area (Å²) in [5.41, 5.74) is 3.26. The zero-order valence-electron chi connectivity index (χ0n) is 12.1. The average molecular weight is 343 g/mol. The lowest BCUT2D eigenvalue weighted by atomic mass is 9.97. The van der Waals surface area contributed by atoms with Crippen molar-refractivity contribution in [3.63, 3.8) is 0 Å². The number of hydrogen-bond acceptors (Lipinski definition) is 1. The number of aryl methyl sites for hydroxylation is 1. The highest BCUT2D eigenvalue weighted by atomic mass is 35.5. The summed E-state index contributed by atoms with van der Waals surface area (Å²) in [6.45, 7) is 4.98. The van der Waals surface area contributed by atoms with Gasteiger partial charge in [-0.1, -0.05) is 53.9 Å². The molecular formula is C17H18Cl3N. The Morgan fingerprint density at radius 1 is 1.05 bits per heavy atom. The lowest BCUT2D eigenvalue weighted by Crippen LogP contribution is -2.23. The number of hydrogen-bond donors (Lipinski definition) is 1. The Balaban J connectivity index is 2.35. The molecule has 0 heterocycles. The van der Waals surface area contributed by atoms with Crippen LogP contribution in [0.25, 0.3) is 0 Å². The number of benzene rings is 2. The summed E-state index contributed by atoms with van der Waals surface area (Å²) in [5, 5.41) is 5.63. The molecule has 2 aromatic rings. The monoisotopic (exact) mass is 341 g/mol. The Morgan fingerprint density at radius 3 is 2.29 bits per heavy atom. The van der Waals surface area contributed by atoms with Crippen LogP contribution in [-0.2, 0) is 6.42 Å². The summed E-state index contributed by atoms with van der Waals surface area (Å²) < 4.78 is 0. The van der Waals surface area contributed by atoms with Crippen LogP contribution in [0.1, 0.15) is 29.7 Å². The first-order chi connectivity index (χ1) is 10.0. The molecule has 0 aliphatic carbocycles. The molecule has 21 heavy (non-hydrogen) atoms. The van der Waals surface area contributed by atoms with Crippen LogP contribution >= 0.6 is 34.8 Å². The first kappa shape index (κ1) is 16.6. The van der Waals surface area contributed by atoms with Crippen molar-refractivity contribution in [2.24, 2.45) is 0 Å². The predicted molar refractivity (Wildman–Crippen MR) is 92.8 cm³/mol. The normalized spacial score (nSPS) is 12.4. The zero-order chi connectivity index (χ0) is 15.4. The Hall–Kier alpha value is -0.730. The second kappa shape index (κ2) is 7.51. The van der Waals surface area contributed by atoms with Gasteiger partial charge in [-0.3, -0.25) is 0 Å². The van der Waals surface area contributed by atoms with Gasteiger partial charge in [0.25, 0.3) is 0 Å².